The number of nitrogens with zero attached hydrogens (tertiary/aromatic N) is 1. The molecule has 0 radical (unpaired) electrons. The molecule has 1 aromatic rings. The summed E-state index contributed by atoms with van der Waals surface area (Å²) in [5.41, 5.74) is 2.13. The highest BCUT2D eigenvalue weighted by Gasteiger charge is 2.43. The minimum absolute atomic E-state index is 0.00477. The van der Waals surface area contributed by atoms with Crippen molar-refractivity contribution < 1.29 is 19.1 Å². The number of benzene rings is 1. The van der Waals surface area contributed by atoms with Gasteiger partial charge < -0.3 is 20.3 Å². The Morgan fingerprint density at radius 3 is 2.22 bits per heavy atom. The molecule has 1 aliphatic carbocycles. The Balaban J connectivity index is 2.53. The topological polar surface area (TPSA) is 87.7 Å². The van der Waals surface area contributed by atoms with Gasteiger partial charge in [-0.05, 0) is 102 Å². The van der Waals surface area contributed by atoms with Crippen molar-refractivity contribution in [2.24, 2.45) is 0 Å². The summed E-state index contributed by atoms with van der Waals surface area (Å²) in [5, 5.41) is 6.01. The van der Waals surface area contributed by atoms with Crippen molar-refractivity contribution in [1.29, 1.82) is 0 Å². The number of carbonyl (C=O) groups excluding carboxylic acids is 3. The molecule has 0 aliphatic heterocycles. The zero-order valence-corrected chi connectivity index (χ0v) is 24.8. The fourth-order valence-corrected chi connectivity index (χ4v) is 5.26. The third kappa shape index (κ3) is 8.94. The van der Waals surface area contributed by atoms with E-state index in [9.17, 15) is 14.4 Å². The summed E-state index contributed by atoms with van der Waals surface area (Å²) < 4.78 is 5.48. The van der Waals surface area contributed by atoms with Crippen LogP contribution in [0.15, 0.2) is 18.2 Å². The summed E-state index contributed by atoms with van der Waals surface area (Å²) in [5.74, 6) is 0.299. The Hall–Kier alpha value is -2.22. The van der Waals surface area contributed by atoms with Gasteiger partial charge in [0.25, 0.3) is 0 Å². The van der Waals surface area contributed by atoms with Crippen LogP contribution in [0, 0.1) is 13.8 Å². The fraction of sp³-hybridized carbons (Fsp3) is 0.690. The lowest BCUT2D eigenvalue weighted by Gasteiger charge is -2.44. The average molecular weight is 534 g/mol. The van der Waals surface area contributed by atoms with E-state index in [0.717, 1.165) is 48.8 Å². The summed E-state index contributed by atoms with van der Waals surface area (Å²) in [4.78, 5) is 42.7. The van der Waals surface area contributed by atoms with Crippen molar-refractivity contribution >= 4 is 29.7 Å². The van der Waals surface area contributed by atoms with Crippen LogP contribution in [0.2, 0.25) is 0 Å². The van der Waals surface area contributed by atoms with Gasteiger partial charge in [0.2, 0.25) is 11.8 Å². The van der Waals surface area contributed by atoms with Crippen molar-refractivity contribution in [2.45, 2.75) is 117 Å². The number of hydrogen-bond acceptors (Lipinski definition) is 5. The second kappa shape index (κ2) is 14.1. The quantitative estimate of drug-likeness (QED) is 0.361. The van der Waals surface area contributed by atoms with Gasteiger partial charge in [0.1, 0.15) is 17.7 Å². The first-order valence-corrected chi connectivity index (χ1v) is 15.0. The molecule has 1 aromatic carbocycles. The summed E-state index contributed by atoms with van der Waals surface area (Å²) in [6, 6.07) is 4.35. The van der Waals surface area contributed by atoms with Gasteiger partial charge in [-0.1, -0.05) is 31.5 Å². The molecule has 2 N–H and O–H groups in total. The van der Waals surface area contributed by atoms with E-state index in [1.807, 2.05) is 45.2 Å². The van der Waals surface area contributed by atoms with Crippen LogP contribution in [0.1, 0.15) is 95.9 Å². The van der Waals surface area contributed by atoms with Crippen LogP contribution in [0.25, 0.3) is 0 Å². The first kappa shape index (κ1) is 31.0. The van der Waals surface area contributed by atoms with Crippen LogP contribution in [0.3, 0.4) is 0 Å². The summed E-state index contributed by atoms with van der Waals surface area (Å²) >= 11 is 1.62. The van der Waals surface area contributed by atoms with E-state index in [2.05, 4.69) is 17.6 Å². The molecule has 37 heavy (non-hydrogen) atoms. The zero-order chi connectivity index (χ0) is 27.8. The highest BCUT2D eigenvalue weighted by Crippen LogP contribution is 2.36. The largest absolute Gasteiger partial charge is 0.444 e. The average Bonchev–Trinajstić information content (AvgIpc) is 2.75. The van der Waals surface area contributed by atoms with Crippen LogP contribution in [-0.2, 0) is 14.3 Å². The number of amides is 3. The smallest absolute Gasteiger partial charge is 0.408 e. The minimum atomic E-state index is -0.782. The summed E-state index contributed by atoms with van der Waals surface area (Å²) in [6.07, 6.45) is 6.31. The number of rotatable bonds is 12. The molecule has 2 rings (SSSR count). The predicted molar refractivity (Wildman–Crippen MR) is 152 cm³/mol. The predicted octanol–water partition coefficient (Wildman–Crippen LogP) is 5.68. The van der Waals surface area contributed by atoms with Gasteiger partial charge in [0.15, 0.2) is 0 Å². The maximum absolute atomic E-state index is 14.3. The molecular formula is C29H47N3O4S. The van der Waals surface area contributed by atoms with Gasteiger partial charge in [-0.3, -0.25) is 9.59 Å². The maximum atomic E-state index is 14.3. The Labute approximate surface area is 227 Å². The van der Waals surface area contributed by atoms with Crippen LogP contribution < -0.4 is 10.6 Å². The first-order chi connectivity index (χ1) is 17.4. The second-order valence-corrected chi connectivity index (χ2v) is 12.2. The summed E-state index contributed by atoms with van der Waals surface area (Å²) in [6.45, 7) is 13.5. The SMILES string of the molecule is CCCC(C)NC(=O)C(c1c(C)cccc1C)N(C(=O)C(CCSC)NC(=O)OC(C)(C)C)C1CCC1. The molecule has 3 atom stereocenters. The highest BCUT2D eigenvalue weighted by molar-refractivity contribution is 7.98. The highest BCUT2D eigenvalue weighted by atomic mass is 32.2. The van der Waals surface area contributed by atoms with Crippen molar-refractivity contribution in [1.82, 2.24) is 15.5 Å². The molecule has 0 bridgehead atoms. The van der Waals surface area contributed by atoms with Gasteiger partial charge in [0.05, 0.1) is 0 Å². The van der Waals surface area contributed by atoms with Crippen LogP contribution >= 0.6 is 11.8 Å². The Morgan fingerprint density at radius 1 is 1.11 bits per heavy atom. The maximum Gasteiger partial charge on any atom is 0.408 e. The number of aryl methyl sites for hydroxylation is 2. The van der Waals surface area contributed by atoms with Gasteiger partial charge in [-0.2, -0.15) is 11.8 Å². The molecule has 3 unspecified atom stereocenters. The molecule has 1 saturated carbocycles. The molecule has 0 saturated heterocycles. The van der Waals surface area contributed by atoms with Crippen molar-refractivity contribution in [3.8, 4) is 0 Å². The van der Waals surface area contributed by atoms with Crippen molar-refractivity contribution in [3.63, 3.8) is 0 Å². The van der Waals surface area contributed by atoms with E-state index in [1.54, 1.807) is 37.4 Å². The molecule has 1 aliphatic rings. The molecular weight excluding hydrogens is 486 g/mol. The minimum Gasteiger partial charge on any atom is -0.444 e. The molecule has 0 heterocycles. The molecule has 8 heteroatoms. The second-order valence-electron chi connectivity index (χ2n) is 11.2. The van der Waals surface area contributed by atoms with E-state index >= 15 is 0 Å². The van der Waals surface area contributed by atoms with Crippen LogP contribution in [-0.4, -0.2) is 58.5 Å². The normalized spacial score (nSPS) is 16.2. The lowest BCUT2D eigenvalue weighted by molar-refractivity contribution is -0.147. The Morgan fingerprint density at radius 2 is 1.73 bits per heavy atom. The van der Waals surface area contributed by atoms with E-state index in [-0.39, 0.29) is 23.9 Å². The van der Waals surface area contributed by atoms with Crippen LogP contribution in [0.4, 0.5) is 4.79 Å². The van der Waals surface area contributed by atoms with E-state index in [1.165, 1.54) is 0 Å². The molecule has 7 nitrogen and oxygen atoms in total. The van der Waals surface area contributed by atoms with E-state index in [0.29, 0.717) is 12.2 Å². The fourth-order valence-electron chi connectivity index (χ4n) is 4.79. The number of ether oxygens (including phenoxy) is 1. The molecule has 0 aromatic heterocycles. The van der Waals surface area contributed by atoms with Crippen molar-refractivity contribution in [2.75, 3.05) is 12.0 Å². The first-order valence-electron chi connectivity index (χ1n) is 13.6. The molecule has 1 fully saturated rings. The van der Waals surface area contributed by atoms with Gasteiger partial charge >= 0.3 is 6.09 Å². The standard InChI is InChI=1S/C29H47N3O4S/c1-9-12-21(4)30-26(33)25(24-19(2)13-10-14-20(24)3)32(22-15-11-16-22)27(34)23(17-18-37-8)31-28(35)36-29(5,6)7/h10,13-14,21-23,25H,9,11-12,15-18H2,1-8H3,(H,30,33)(H,31,35). The number of alkyl carbamates (subject to hydrolysis) is 1. The van der Waals surface area contributed by atoms with Gasteiger partial charge in [-0.25, -0.2) is 4.79 Å². The number of thioether (sulfide) groups is 1. The third-order valence-electron chi connectivity index (χ3n) is 6.77. The molecule has 3 amide bonds. The molecule has 208 valence electrons. The Bertz CT molecular complexity index is 906. The number of carbonyl (C=O) groups is 3. The zero-order valence-electron chi connectivity index (χ0n) is 24.0. The van der Waals surface area contributed by atoms with Crippen LogP contribution in [0.5, 0.6) is 0 Å². The monoisotopic (exact) mass is 533 g/mol. The number of hydrogen-bond donors (Lipinski definition) is 2. The lowest BCUT2D eigenvalue weighted by Crippen LogP contribution is -2.58. The Kier molecular flexibility index (Phi) is 11.8. The lowest BCUT2D eigenvalue weighted by atomic mass is 9.86. The van der Waals surface area contributed by atoms with E-state index < -0.39 is 23.8 Å². The molecule has 0 spiro atoms. The third-order valence-corrected chi connectivity index (χ3v) is 7.42. The van der Waals surface area contributed by atoms with Gasteiger partial charge in [-0.15, -0.1) is 0 Å². The number of nitrogens with one attached hydrogen (secondary N) is 2. The van der Waals surface area contributed by atoms with Crippen molar-refractivity contribution in [3.05, 3.63) is 34.9 Å². The summed E-state index contributed by atoms with van der Waals surface area (Å²) in [7, 11) is 0. The van der Waals surface area contributed by atoms with Gasteiger partial charge in [0, 0.05) is 12.1 Å². The van der Waals surface area contributed by atoms with E-state index in [4.69, 9.17) is 4.74 Å².